The highest BCUT2D eigenvalue weighted by atomic mass is 16.5. The summed E-state index contributed by atoms with van der Waals surface area (Å²) in [6.45, 7) is 5.26. The number of hydrogen-bond acceptors (Lipinski definition) is 3. The van der Waals surface area contributed by atoms with Gasteiger partial charge in [-0.3, -0.25) is 0 Å². The molecule has 90 valence electrons. The summed E-state index contributed by atoms with van der Waals surface area (Å²) in [5, 5.41) is 9.59. The highest BCUT2D eigenvalue weighted by Gasteiger charge is 2.39. The van der Waals surface area contributed by atoms with E-state index >= 15 is 0 Å². The number of rotatable bonds is 2. The molecule has 0 aliphatic heterocycles. The van der Waals surface area contributed by atoms with Crippen LogP contribution in [0.5, 0.6) is 0 Å². The lowest BCUT2D eigenvalue weighted by atomic mass is 9.80. The van der Waals surface area contributed by atoms with Crippen molar-refractivity contribution in [2.24, 2.45) is 11.8 Å². The minimum absolute atomic E-state index is 0.0377. The van der Waals surface area contributed by atoms with Crippen molar-refractivity contribution in [3.63, 3.8) is 0 Å². The second-order valence-electron chi connectivity index (χ2n) is 5.27. The van der Waals surface area contributed by atoms with Gasteiger partial charge >= 0.3 is 5.97 Å². The van der Waals surface area contributed by atoms with Crippen molar-refractivity contribution in [2.45, 2.75) is 51.2 Å². The zero-order valence-electron chi connectivity index (χ0n) is 9.82. The smallest absolute Gasteiger partial charge is 0.333 e. The van der Waals surface area contributed by atoms with E-state index in [1.165, 1.54) is 0 Å². The van der Waals surface area contributed by atoms with Gasteiger partial charge in [0.15, 0.2) is 0 Å². The van der Waals surface area contributed by atoms with E-state index < -0.39 is 0 Å². The molecule has 0 spiro atoms. The Morgan fingerprint density at radius 1 is 1.25 bits per heavy atom. The van der Waals surface area contributed by atoms with Crippen LogP contribution < -0.4 is 0 Å². The fraction of sp³-hybridized carbons (Fsp3) is 0.769. The molecular formula is C13H20O3. The number of esters is 1. The molecule has 1 N–H and O–H groups in total. The van der Waals surface area contributed by atoms with Crippen LogP contribution in [0.3, 0.4) is 0 Å². The number of ether oxygens (including phenoxy) is 1. The van der Waals surface area contributed by atoms with Crippen LogP contribution in [0.4, 0.5) is 0 Å². The van der Waals surface area contributed by atoms with Gasteiger partial charge in [0.1, 0.15) is 6.10 Å². The number of hydrogen-bond donors (Lipinski definition) is 1. The number of fused-ring (bicyclic) bond motifs is 1. The van der Waals surface area contributed by atoms with Crippen molar-refractivity contribution in [1.82, 2.24) is 0 Å². The summed E-state index contributed by atoms with van der Waals surface area (Å²) in [6, 6.07) is 0. The minimum Gasteiger partial charge on any atom is -0.459 e. The van der Waals surface area contributed by atoms with Crippen molar-refractivity contribution < 1.29 is 14.6 Å². The van der Waals surface area contributed by atoms with Gasteiger partial charge in [-0.2, -0.15) is 0 Å². The average molecular weight is 224 g/mol. The van der Waals surface area contributed by atoms with Crippen LogP contribution in [0.15, 0.2) is 12.2 Å². The first-order chi connectivity index (χ1) is 7.56. The third-order valence-corrected chi connectivity index (χ3v) is 3.86. The monoisotopic (exact) mass is 224 g/mol. The van der Waals surface area contributed by atoms with Crippen molar-refractivity contribution in [3.05, 3.63) is 12.2 Å². The molecule has 0 bridgehead atoms. The second-order valence-corrected chi connectivity index (χ2v) is 5.27. The number of carbonyl (C=O) groups is 1. The van der Waals surface area contributed by atoms with Crippen molar-refractivity contribution in [1.29, 1.82) is 0 Å². The standard InChI is InChI=1S/C13H20O3/c1-8(2)13(15)16-12-4-3-9-5-11(14)6-10(9)7-12/h9-12,14H,1,3-7H2,2H3. The SMILES string of the molecule is C=C(C)C(=O)OC1CCC2CC(O)CC2C1. The lowest BCUT2D eigenvalue weighted by molar-refractivity contribution is -0.146. The van der Waals surface area contributed by atoms with Crippen LogP contribution in [0.25, 0.3) is 0 Å². The molecule has 16 heavy (non-hydrogen) atoms. The van der Waals surface area contributed by atoms with Gasteiger partial charge in [-0.05, 0) is 50.9 Å². The zero-order chi connectivity index (χ0) is 11.7. The van der Waals surface area contributed by atoms with E-state index in [1.807, 2.05) is 0 Å². The third-order valence-electron chi connectivity index (χ3n) is 3.86. The first kappa shape index (κ1) is 11.6. The molecular weight excluding hydrogens is 204 g/mol. The lowest BCUT2D eigenvalue weighted by Gasteiger charge is -2.31. The normalized spacial score (nSPS) is 37.9. The lowest BCUT2D eigenvalue weighted by Crippen LogP contribution is -2.28. The van der Waals surface area contributed by atoms with E-state index in [4.69, 9.17) is 4.74 Å². The summed E-state index contributed by atoms with van der Waals surface area (Å²) in [5.74, 6) is 0.920. The Morgan fingerprint density at radius 3 is 2.62 bits per heavy atom. The fourth-order valence-electron chi connectivity index (χ4n) is 3.04. The summed E-state index contributed by atoms with van der Waals surface area (Å²) in [7, 11) is 0. The molecule has 0 heterocycles. The van der Waals surface area contributed by atoms with E-state index in [0.29, 0.717) is 17.4 Å². The van der Waals surface area contributed by atoms with Crippen molar-refractivity contribution in [3.8, 4) is 0 Å². The van der Waals surface area contributed by atoms with Crippen LogP contribution in [0.2, 0.25) is 0 Å². The molecule has 4 atom stereocenters. The highest BCUT2D eigenvalue weighted by Crippen LogP contribution is 2.43. The van der Waals surface area contributed by atoms with Crippen LogP contribution in [-0.2, 0) is 9.53 Å². The highest BCUT2D eigenvalue weighted by molar-refractivity contribution is 5.87. The Kier molecular flexibility index (Phi) is 3.33. The Hall–Kier alpha value is -0.830. The summed E-state index contributed by atoms with van der Waals surface area (Å²) < 4.78 is 5.38. The quantitative estimate of drug-likeness (QED) is 0.577. The van der Waals surface area contributed by atoms with Crippen LogP contribution in [0, 0.1) is 11.8 Å². The summed E-state index contributed by atoms with van der Waals surface area (Å²) in [5.41, 5.74) is 0.466. The van der Waals surface area contributed by atoms with Gasteiger partial charge in [0.05, 0.1) is 6.10 Å². The molecule has 2 aliphatic carbocycles. The zero-order valence-corrected chi connectivity index (χ0v) is 9.82. The molecule has 3 nitrogen and oxygen atoms in total. The summed E-state index contributed by atoms with van der Waals surface area (Å²) >= 11 is 0. The number of carbonyl (C=O) groups excluding carboxylic acids is 1. The maximum Gasteiger partial charge on any atom is 0.333 e. The van der Waals surface area contributed by atoms with E-state index in [-0.39, 0.29) is 18.2 Å². The molecule has 0 radical (unpaired) electrons. The van der Waals surface area contributed by atoms with Gasteiger partial charge in [-0.15, -0.1) is 0 Å². The summed E-state index contributed by atoms with van der Waals surface area (Å²) in [6.07, 6.45) is 4.66. The molecule has 0 aromatic heterocycles. The van der Waals surface area contributed by atoms with Crippen LogP contribution in [-0.4, -0.2) is 23.3 Å². The maximum absolute atomic E-state index is 11.4. The third kappa shape index (κ3) is 2.46. The number of aliphatic hydroxyl groups excluding tert-OH is 1. The molecule has 0 amide bonds. The predicted octanol–water partition coefficient (Wildman–Crippen LogP) is 2.05. The van der Waals surface area contributed by atoms with Gasteiger partial charge in [0.2, 0.25) is 0 Å². The van der Waals surface area contributed by atoms with Gasteiger partial charge in [0.25, 0.3) is 0 Å². The second kappa shape index (κ2) is 4.58. The van der Waals surface area contributed by atoms with Gasteiger partial charge in [0, 0.05) is 5.57 Å². The topological polar surface area (TPSA) is 46.5 Å². The van der Waals surface area contributed by atoms with E-state index in [0.717, 1.165) is 32.1 Å². The van der Waals surface area contributed by atoms with Crippen molar-refractivity contribution in [2.75, 3.05) is 0 Å². The molecule has 2 fully saturated rings. The molecule has 2 saturated carbocycles. The first-order valence-corrected chi connectivity index (χ1v) is 6.11. The van der Waals surface area contributed by atoms with Gasteiger partial charge in [-0.1, -0.05) is 6.58 Å². The Morgan fingerprint density at radius 2 is 1.94 bits per heavy atom. The Balaban J connectivity index is 1.86. The van der Waals surface area contributed by atoms with Crippen LogP contribution in [0.1, 0.15) is 39.0 Å². The van der Waals surface area contributed by atoms with Crippen molar-refractivity contribution >= 4 is 5.97 Å². The molecule has 0 aromatic rings. The van der Waals surface area contributed by atoms with Crippen LogP contribution >= 0.6 is 0 Å². The summed E-state index contributed by atoms with van der Waals surface area (Å²) in [4.78, 5) is 11.4. The first-order valence-electron chi connectivity index (χ1n) is 6.11. The average Bonchev–Trinajstić information content (AvgIpc) is 2.57. The predicted molar refractivity (Wildman–Crippen MR) is 60.8 cm³/mol. The largest absolute Gasteiger partial charge is 0.459 e. The van der Waals surface area contributed by atoms with E-state index in [1.54, 1.807) is 6.92 Å². The molecule has 2 rings (SSSR count). The number of aliphatic hydroxyl groups is 1. The molecule has 4 unspecified atom stereocenters. The van der Waals surface area contributed by atoms with E-state index in [2.05, 4.69) is 6.58 Å². The molecule has 2 aliphatic rings. The molecule has 3 heteroatoms. The van der Waals surface area contributed by atoms with E-state index in [9.17, 15) is 9.90 Å². The molecule has 0 saturated heterocycles. The molecule has 0 aromatic carbocycles. The maximum atomic E-state index is 11.4. The Bertz CT molecular complexity index is 298. The minimum atomic E-state index is -0.276. The van der Waals surface area contributed by atoms with Gasteiger partial charge < -0.3 is 9.84 Å². The van der Waals surface area contributed by atoms with Gasteiger partial charge in [-0.25, -0.2) is 4.79 Å². The fourth-order valence-corrected chi connectivity index (χ4v) is 3.04. The Labute approximate surface area is 96.5 Å².